The Morgan fingerprint density at radius 2 is 2.16 bits per heavy atom. The van der Waals surface area contributed by atoms with Crippen LogP contribution in [-0.2, 0) is 10.0 Å². The number of aliphatic hydroxyl groups is 1. The van der Waals surface area contributed by atoms with Crippen molar-refractivity contribution in [1.82, 2.24) is 4.31 Å². The van der Waals surface area contributed by atoms with E-state index in [0.717, 1.165) is 6.42 Å². The average molecular weight is 284 g/mol. The predicted octanol–water partition coefficient (Wildman–Crippen LogP) is 0.969. The number of sulfonamides is 1. The Bertz CT molecular complexity index is 551. The van der Waals surface area contributed by atoms with E-state index < -0.39 is 10.0 Å². The molecule has 1 saturated heterocycles. The standard InChI is InChI=1S/C13H20N2O3S/c1-9-6-7-15(12(9)8-16)19(17,18)13-10(2)4-3-5-11(13)14/h3-5,9,12,16H,6-8,14H2,1-2H3. The summed E-state index contributed by atoms with van der Waals surface area (Å²) in [4.78, 5) is 0.169. The van der Waals surface area contributed by atoms with Crippen LogP contribution in [0.5, 0.6) is 0 Å². The molecule has 1 fully saturated rings. The van der Waals surface area contributed by atoms with E-state index in [1.807, 2.05) is 6.92 Å². The smallest absolute Gasteiger partial charge is 0.245 e. The maximum atomic E-state index is 12.7. The quantitative estimate of drug-likeness (QED) is 0.810. The molecule has 3 N–H and O–H groups in total. The Morgan fingerprint density at radius 3 is 2.74 bits per heavy atom. The number of rotatable bonds is 3. The van der Waals surface area contributed by atoms with Gasteiger partial charge in [-0.15, -0.1) is 0 Å². The number of benzene rings is 1. The van der Waals surface area contributed by atoms with Crippen LogP contribution in [0.4, 0.5) is 5.69 Å². The summed E-state index contributed by atoms with van der Waals surface area (Å²) in [6, 6.07) is 4.70. The van der Waals surface area contributed by atoms with Crippen LogP contribution in [0.15, 0.2) is 23.1 Å². The first-order valence-corrected chi connectivity index (χ1v) is 7.81. The first-order chi connectivity index (χ1) is 8.89. The van der Waals surface area contributed by atoms with Crippen LogP contribution >= 0.6 is 0 Å². The maximum Gasteiger partial charge on any atom is 0.245 e. The lowest BCUT2D eigenvalue weighted by atomic mass is 10.0. The van der Waals surface area contributed by atoms with Crippen LogP contribution in [0.2, 0.25) is 0 Å². The van der Waals surface area contributed by atoms with Crippen LogP contribution in [-0.4, -0.2) is 37.0 Å². The lowest BCUT2D eigenvalue weighted by Gasteiger charge is -2.25. The fourth-order valence-electron chi connectivity index (χ4n) is 2.69. The molecule has 0 radical (unpaired) electrons. The second-order valence-electron chi connectivity index (χ2n) is 5.12. The topological polar surface area (TPSA) is 83.6 Å². The zero-order valence-electron chi connectivity index (χ0n) is 11.2. The molecule has 1 aromatic carbocycles. The number of nitrogens with two attached hydrogens (primary N) is 1. The monoisotopic (exact) mass is 284 g/mol. The Hall–Kier alpha value is -1.11. The van der Waals surface area contributed by atoms with Gasteiger partial charge in [0.25, 0.3) is 0 Å². The third kappa shape index (κ3) is 2.35. The van der Waals surface area contributed by atoms with Gasteiger partial charge < -0.3 is 10.8 Å². The third-order valence-electron chi connectivity index (χ3n) is 3.83. The fraction of sp³-hybridized carbons (Fsp3) is 0.538. The van der Waals surface area contributed by atoms with Crippen molar-refractivity contribution < 1.29 is 13.5 Å². The van der Waals surface area contributed by atoms with Crippen molar-refractivity contribution in [2.75, 3.05) is 18.9 Å². The van der Waals surface area contributed by atoms with Gasteiger partial charge in [0.2, 0.25) is 10.0 Å². The van der Waals surface area contributed by atoms with Gasteiger partial charge in [-0.3, -0.25) is 0 Å². The summed E-state index contributed by atoms with van der Waals surface area (Å²) in [5.74, 6) is 0.157. The lowest BCUT2D eigenvalue weighted by molar-refractivity contribution is 0.191. The fourth-order valence-corrected chi connectivity index (χ4v) is 4.74. The van der Waals surface area contributed by atoms with Gasteiger partial charge in [0.1, 0.15) is 4.90 Å². The molecule has 1 aliphatic heterocycles. The Labute approximate surface area is 114 Å². The maximum absolute atomic E-state index is 12.7. The van der Waals surface area contributed by atoms with E-state index in [0.29, 0.717) is 12.1 Å². The zero-order valence-corrected chi connectivity index (χ0v) is 12.0. The van der Waals surface area contributed by atoms with Gasteiger partial charge in [0.05, 0.1) is 18.3 Å². The molecule has 6 heteroatoms. The van der Waals surface area contributed by atoms with E-state index in [1.165, 1.54) is 4.31 Å². The normalized spacial score (nSPS) is 24.8. The molecule has 0 aliphatic carbocycles. The zero-order chi connectivity index (χ0) is 14.2. The molecule has 2 rings (SSSR count). The lowest BCUT2D eigenvalue weighted by Crippen LogP contribution is -2.40. The van der Waals surface area contributed by atoms with Gasteiger partial charge in [-0.25, -0.2) is 8.42 Å². The summed E-state index contributed by atoms with van der Waals surface area (Å²) in [5.41, 5.74) is 6.72. The van der Waals surface area contributed by atoms with E-state index in [9.17, 15) is 13.5 Å². The summed E-state index contributed by atoms with van der Waals surface area (Å²) >= 11 is 0. The molecular formula is C13H20N2O3S. The van der Waals surface area contributed by atoms with Gasteiger partial charge in [0, 0.05) is 6.54 Å². The molecule has 5 nitrogen and oxygen atoms in total. The highest BCUT2D eigenvalue weighted by molar-refractivity contribution is 7.89. The van der Waals surface area contributed by atoms with Crippen molar-refractivity contribution in [2.24, 2.45) is 5.92 Å². The van der Waals surface area contributed by atoms with Crippen LogP contribution in [0, 0.1) is 12.8 Å². The summed E-state index contributed by atoms with van der Waals surface area (Å²) in [6.45, 7) is 3.96. The number of nitrogens with zero attached hydrogens (tertiary/aromatic N) is 1. The Balaban J connectivity index is 2.49. The van der Waals surface area contributed by atoms with Crippen LogP contribution in [0.1, 0.15) is 18.9 Å². The molecule has 106 valence electrons. The molecule has 1 heterocycles. The molecule has 19 heavy (non-hydrogen) atoms. The third-order valence-corrected chi connectivity index (χ3v) is 5.97. The molecule has 1 aromatic rings. The number of aryl methyl sites for hydroxylation is 1. The molecule has 0 bridgehead atoms. The van der Waals surface area contributed by atoms with E-state index in [2.05, 4.69) is 0 Å². The SMILES string of the molecule is Cc1cccc(N)c1S(=O)(=O)N1CCC(C)C1CO. The van der Waals surface area contributed by atoms with Gasteiger partial charge in [-0.05, 0) is 30.9 Å². The van der Waals surface area contributed by atoms with Crippen LogP contribution in [0.25, 0.3) is 0 Å². The van der Waals surface area contributed by atoms with Crippen molar-refractivity contribution in [2.45, 2.75) is 31.2 Å². The van der Waals surface area contributed by atoms with Crippen molar-refractivity contribution in [1.29, 1.82) is 0 Å². The molecule has 2 unspecified atom stereocenters. The van der Waals surface area contributed by atoms with Gasteiger partial charge in [-0.1, -0.05) is 19.1 Å². The molecule has 0 saturated carbocycles. The highest BCUT2D eigenvalue weighted by atomic mass is 32.2. The summed E-state index contributed by atoms with van der Waals surface area (Å²) in [7, 11) is -3.65. The minimum Gasteiger partial charge on any atom is -0.398 e. The summed E-state index contributed by atoms with van der Waals surface area (Å²) < 4.78 is 26.8. The second-order valence-corrected chi connectivity index (χ2v) is 6.95. The number of nitrogen functional groups attached to an aromatic ring is 1. The van der Waals surface area contributed by atoms with E-state index >= 15 is 0 Å². The van der Waals surface area contributed by atoms with E-state index in [1.54, 1.807) is 25.1 Å². The van der Waals surface area contributed by atoms with Crippen molar-refractivity contribution in [3.05, 3.63) is 23.8 Å². The molecular weight excluding hydrogens is 264 g/mol. The predicted molar refractivity (Wildman–Crippen MR) is 74.1 cm³/mol. The largest absolute Gasteiger partial charge is 0.398 e. The molecule has 0 aromatic heterocycles. The summed E-state index contributed by atoms with van der Waals surface area (Å²) in [6.07, 6.45) is 0.760. The van der Waals surface area contributed by atoms with Gasteiger partial charge in [0.15, 0.2) is 0 Å². The molecule has 2 atom stereocenters. The van der Waals surface area contributed by atoms with Crippen molar-refractivity contribution >= 4 is 15.7 Å². The van der Waals surface area contributed by atoms with Gasteiger partial charge in [-0.2, -0.15) is 4.31 Å². The molecule has 1 aliphatic rings. The average Bonchev–Trinajstić information content (AvgIpc) is 2.70. The highest BCUT2D eigenvalue weighted by Crippen LogP contribution is 2.33. The van der Waals surface area contributed by atoms with Crippen molar-refractivity contribution in [3.8, 4) is 0 Å². The number of hydrogen-bond donors (Lipinski definition) is 2. The highest BCUT2D eigenvalue weighted by Gasteiger charge is 2.40. The number of hydrogen-bond acceptors (Lipinski definition) is 4. The second kappa shape index (κ2) is 5.11. The Kier molecular flexibility index (Phi) is 3.85. The van der Waals surface area contributed by atoms with Crippen LogP contribution < -0.4 is 5.73 Å². The van der Waals surface area contributed by atoms with E-state index in [-0.39, 0.29) is 29.1 Å². The number of aliphatic hydroxyl groups excluding tert-OH is 1. The summed E-state index contributed by atoms with van der Waals surface area (Å²) in [5, 5.41) is 9.42. The molecule has 0 spiro atoms. The van der Waals surface area contributed by atoms with Crippen molar-refractivity contribution in [3.63, 3.8) is 0 Å². The van der Waals surface area contributed by atoms with E-state index in [4.69, 9.17) is 5.73 Å². The minimum atomic E-state index is -3.65. The number of anilines is 1. The minimum absolute atomic E-state index is 0.157. The van der Waals surface area contributed by atoms with Crippen LogP contribution in [0.3, 0.4) is 0 Å². The Morgan fingerprint density at radius 1 is 1.47 bits per heavy atom. The molecule has 0 amide bonds. The van der Waals surface area contributed by atoms with Gasteiger partial charge >= 0.3 is 0 Å². The first-order valence-electron chi connectivity index (χ1n) is 6.37. The first kappa shape index (κ1) is 14.3.